The Kier molecular flexibility index (Phi) is 3.96. The maximum absolute atomic E-state index is 5.01. The van der Waals surface area contributed by atoms with Crippen LogP contribution >= 0.6 is 0 Å². The zero-order chi connectivity index (χ0) is 9.68. The Hall–Kier alpha value is -0.830. The van der Waals surface area contributed by atoms with Crippen molar-refractivity contribution < 1.29 is 4.74 Å². The van der Waals surface area contributed by atoms with E-state index in [1.54, 1.807) is 7.11 Å². The molecule has 0 aromatic carbocycles. The molecule has 0 bridgehead atoms. The topological polar surface area (TPSA) is 27.1 Å². The number of nitrogens with zero attached hydrogens (tertiary/aromatic N) is 2. The maximum Gasteiger partial charge on any atom is 0.0902 e. The quantitative estimate of drug-likeness (QED) is 0.699. The molecule has 1 aromatic heterocycles. The van der Waals surface area contributed by atoms with Crippen molar-refractivity contribution in [3.8, 4) is 0 Å². The summed E-state index contributed by atoms with van der Waals surface area (Å²) in [6.45, 7) is 4.98. The van der Waals surface area contributed by atoms with Crippen molar-refractivity contribution in [1.82, 2.24) is 9.78 Å². The van der Waals surface area contributed by atoms with Gasteiger partial charge in [0.15, 0.2) is 0 Å². The third-order valence-corrected chi connectivity index (χ3v) is 2.27. The Labute approximate surface area is 79.7 Å². The molecule has 0 unspecified atom stereocenters. The number of hydrogen-bond donors (Lipinski definition) is 0. The minimum atomic E-state index is 0.533. The van der Waals surface area contributed by atoms with Crippen molar-refractivity contribution in [2.45, 2.75) is 39.3 Å². The Morgan fingerprint density at radius 1 is 1.46 bits per heavy atom. The molecule has 74 valence electrons. The average Bonchev–Trinajstić information content (AvgIpc) is 2.56. The fourth-order valence-electron chi connectivity index (χ4n) is 1.47. The second kappa shape index (κ2) is 5.02. The summed E-state index contributed by atoms with van der Waals surface area (Å²) in [5.74, 6) is 0. The van der Waals surface area contributed by atoms with E-state index in [0.29, 0.717) is 12.6 Å². The van der Waals surface area contributed by atoms with Gasteiger partial charge in [0.25, 0.3) is 0 Å². The summed E-state index contributed by atoms with van der Waals surface area (Å²) in [5.41, 5.74) is 1.01. The zero-order valence-electron chi connectivity index (χ0n) is 8.66. The Balaban J connectivity index is 2.66. The van der Waals surface area contributed by atoms with E-state index in [0.717, 1.165) is 18.5 Å². The third kappa shape index (κ3) is 2.56. The minimum absolute atomic E-state index is 0.533. The molecule has 0 N–H and O–H groups in total. The van der Waals surface area contributed by atoms with E-state index in [1.165, 1.54) is 0 Å². The highest BCUT2D eigenvalue weighted by Crippen LogP contribution is 2.14. The molecule has 13 heavy (non-hydrogen) atoms. The van der Waals surface area contributed by atoms with Crippen LogP contribution in [-0.2, 0) is 11.3 Å². The first-order valence-corrected chi connectivity index (χ1v) is 4.84. The standard InChI is InChI=1S/C10H18N2O/c1-4-10(5-2)12-7-6-9(11-12)8-13-3/h6-7,10H,4-5,8H2,1-3H3. The zero-order valence-corrected chi connectivity index (χ0v) is 8.66. The molecule has 1 aromatic rings. The van der Waals surface area contributed by atoms with E-state index in [-0.39, 0.29) is 0 Å². The first-order valence-electron chi connectivity index (χ1n) is 4.84. The average molecular weight is 182 g/mol. The largest absolute Gasteiger partial charge is 0.378 e. The lowest BCUT2D eigenvalue weighted by atomic mass is 10.2. The van der Waals surface area contributed by atoms with Crippen molar-refractivity contribution in [3.63, 3.8) is 0 Å². The van der Waals surface area contributed by atoms with Gasteiger partial charge in [0.1, 0.15) is 0 Å². The van der Waals surface area contributed by atoms with Crippen molar-refractivity contribution in [1.29, 1.82) is 0 Å². The fraction of sp³-hybridized carbons (Fsp3) is 0.700. The van der Waals surface area contributed by atoms with Gasteiger partial charge >= 0.3 is 0 Å². The lowest BCUT2D eigenvalue weighted by Crippen LogP contribution is -2.07. The molecule has 0 fully saturated rings. The number of methoxy groups -OCH3 is 1. The van der Waals surface area contributed by atoms with Gasteiger partial charge in [0.2, 0.25) is 0 Å². The van der Waals surface area contributed by atoms with E-state index >= 15 is 0 Å². The summed E-state index contributed by atoms with van der Waals surface area (Å²) in [7, 11) is 1.69. The molecule has 1 rings (SSSR count). The van der Waals surface area contributed by atoms with Crippen LogP contribution in [-0.4, -0.2) is 16.9 Å². The summed E-state index contributed by atoms with van der Waals surface area (Å²) in [4.78, 5) is 0. The van der Waals surface area contributed by atoms with Gasteiger partial charge < -0.3 is 4.74 Å². The van der Waals surface area contributed by atoms with E-state index in [1.807, 2.05) is 16.9 Å². The fourth-order valence-corrected chi connectivity index (χ4v) is 1.47. The van der Waals surface area contributed by atoms with E-state index in [4.69, 9.17) is 4.74 Å². The second-order valence-electron chi connectivity index (χ2n) is 3.19. The highest BCUT2D eigenvalue weighted by molar-refractivity contribution is 4.97. The van der Waals surface area contributed by atoms with Crippen LogP contribution in [0.4, 0.5) is 0 Å². The maximum atomic E-state index is 5.01. The SMILES string of the molecule is CCC(CC)n1ccc(COC)n1. The summed E-state index contributed by atoms with van der Waals surface area (Å²) >= 11 is 0. The van der Waals surface area contributed by atoms with Crippen molar-refractivity contribution in [2.24, 2.45) is 0 Å². The van der Waals surface area contributed by atoms with Gasteiger partial charge in [-0.15, -0.1) is 0 Å². The number of rotatable bonds is 5. The van der Waals surface area contributed by atoms with Gasteiger partial charge in [-0.3, -0.25) is 4.68 Å². The molecule has 1 heterocycles. The molecule has 0 aliphatic rings. The Morgan fingerprint density at radius 2 is 2.15 bits per heavy atom. The first-order chi connectivity index (χ1) is 6.31. The summed E-state index contributed by atoms with van der Waals surface area (Å²) < 4.78 is 7.05. The predicted octanol–water partition coefficient (Wildman–Crippen LogP) is 2.39. The van der Waals surface area contributed by atoms with E-state index < -0.39 is 0 Å². The van der Waals surface area contributed by atoms with Crippen LogP contribution in [0.15, 0.2) is 12.3 Å². The summed E-state index contributed by atoms with van der Waals surface area (Å²) in [6.07, 6.45) is 4.29. The van der Waals surface area contributed by atoms with Gasteiger partial charge in [-0.2, -0.15) is 5.10 Å². The third-order valence-electron chi connectivity index (χ3n) is 2.27. The lowest BCUT2D eigenvalue weighted by Gasteiger charge is -2.12. The molecule has 0 aliphatic carbocycles. The highest BCUT2D eigenvalue weighted by Gasteiger charge is 2.06. The molecule has 0 saturated heterocycles. The molecular formula is C10H18N2O. The Bertz CT molecular complexity index is 241. The van der Waals surface area contributed by atoms with Crippen molar-refractivity contribution in [2.75, 3.05) is 7.11 Å². The van der Waals surface area contributed by atoms with Crippen LogP contribution in [0, 0.1) is 0 Å². The molecule has 0 saturated carbocycles. The normalized spacial score (nSPS) is 11.1. The van der Waals surface area contributed by atoms with Crippen LogP contribution in [0.3, 0.4) is 0 Å². The number of aromatic nitrogens is 2. The summed E-state index contributed by atoms with van der Waals surface area (Å²) in [6, 6.07) is 2.55. The van der Waals surface area contributed by atoms with Gasteiger partial charge in [-0.1, -0.05) is 13.8 Å². The van der Waals surface area contributed by atoms with Gasteiger partial charge in [-0.25, -0.2) is 0 Å². The highest BCUT2D eigenvalue weighted by atomic mass is 16.5. The lowest BCUT2D eigenvalue weighted by molar-refractivity contribution is 0.180. The smallest absolute Gasteiger partial charge is 0.0902 e. The van der Waals surface area contributed by atoms with Gasteiger partial charge in [0.05, 0.1) is 18.3 Å². The molecule has 0 aliphatic heterocycles. The van der Waals surface area contributed by atoms with Crippen LogP contribution < -0.4 is 0 Å². The van der Waals surface area contributed by atoms with Crippen molar-refractivity contribution in [3.05, 3.63) is 18.0 Å². The Morgan fingerprint density at radius 3 is 2.69 bits per heavy atom. The van der Waals surface area contributed by atoms with Crippen molar-refractivity contribution >= 4 is 0 Å². The molecule has 3 heteroatoms. The van der Waals surface area contributed by atoms with Crippen LogP contribution in [0.1, 0.15) is 38.4 Å². The van der Waals surface area contributed by atoms with Crippen LogP contribution in [0.25, 0.3) is 0 Å². The number of ether oxygens (including phenoxy) is 1. The van der Waals surface area contributed by atoms with Crippen LogP contribution in [0.2, 0.25) is 0 Å². The summed E-state index contributed by atoms with van der Waals surface area (Å²) in [5, 5.41) is 4.43. The molecular weight excluding hydrogens is 164 g/mol. The van der Waals surface area contributed by atoms with Gasteiger partial charge in [-0.05, 0) is 18.9 Å². The molecule has 0 atom stereocenters. The van der Waals surface area contributed by atoms with Gasteiger partial charge in [0, 0.05) is 13.3 Å². The molecule has 0 spiro atoms. The van der Waals surface area contributed by atoms with E-state index in [2.05, 4.69) is 18.9 Å². The van der Waals surface area contributed by atoms with E-state index in [9.17, 15) is 0 Å². The molecule has 0 radical (unpaired) electrons. The van der Waals surface area contributed by atoms with Crippen LogP contribution in [0.5, 0.6) is 0 Å². The monoisotopic (exact) mass is 182 g/mol. The predicted molar refractivity (Wildman–Crippen MR) is 52.6 cm³/mol. The minimum Gasteiger partial charge on any atom is -0.378 e. The molecule has 3 nitrogen and oxygen atoms in total. The molecule has 0 amide bonds. The first kappa shape index (κ1) is 10.3. The second-order valence-corrected chi connectivity index (χ2v) is 3.19. The number of hydrogen-bond acceptors (Lipinski definition) is 2.